The minimum absolute atomic E-state index is 0. The van der Waals surface area contributed by atoms with Crippen LogP contribution in [0.4, 0.5) is 16.4 Å². The van der Waals surface area contributed by atoms with Crippen LogP contribution in [0.2, 0.25) is 0 Å². The van der Waals surface area contributed by atoms with Gasteiger partial charge in [-0.2, -0.15) is 0 Å². The molecular weight excluding hydrogens is 427 g/mol. The van der Waals surface area contributed by atoms with Gasteiger partial charge in [0.1, 0.15) is 17.2 Å². The second-order valence-electron chi connectivity index (χ2n) is 6.17. The zero-order valence-corrected chi connectivity index (χ0v) is 18.5. The van der Waals surface area contributed by atoms with Crippen molar-refractivity contribution in [1.29, 1.82) is 0 Å². The molecule has 0 radical (unpaired) electrons. The van der Waals surface area contributed by atoms with Crippen LogP contribution in [0.3, 0.4) is 0 Å². The van der Waals surface area contributed by atoms with Crippen molar-refractivity contribution >= 4 is 55.0 Å². The lowest BCUT2D eigenvalue weighted by molar-refractivity contribution is 0.0635. The first kappa shape index (κ1) is 30.9. The van der Waals surface area contributed by atoms with E-state index >= 15 is 0 Å². The number of anilines is 2. The van der Waals surface area contributed by atoms with Crippen molar-refractivity contribution < 1.29 is 9.53 Å². The number of amides is 1. The molecule has 8 nitrogen and oxygen atoms in total. The van der Waals surface area contributed by atoms with E-state index in [0.717, 1.165) is 11.1 Å². The number of halogens is 3. The highest BCUT2D eigenvalue weighted by Gasteiger charge is 2.16. The van der Waals surface area contributed by atoms with Crippen molar-refractivity contribution in [2.75, 3.05) is 11.1 Å². The van der Waals surface area contributed by atoms with Gasteiger partial charge in [-0.25, -0.2) is 14.8 Å². The fourth-order valence-electron chi connectivity index (χ4n) is 1.70. The number of aromatic nitrogens is 2. The van der Waals surface area contributed by atoms with Crippen LogP contribution in [-0.2, 0) is 17.8 Å². The molecule has 1 amide bonds. The minimum atomic E-state index is -0.519. The molecule has 0 fully saturated rings. The monoisotopic (exact) mass is 454 g/mol. The molecule has 7 N–H and O–H groups in total. The van der Waals surface area contributed by atoms with E-state index in [4.69, 9.17) is 21.9 Å². The van der Waals surface area contributed by atoms with Crippen LogP contribution < -0.4 is 22.5 Å². The summed E-state index contributed by atoms with van der Waals surface area (Å²) in [5, 5.41) is 2.55. The van der Waals surface area contributed by atoms with Gasteiger partial charge in [0.25, 0.3) is 0 Å². The van der Waals surface area contributed by atoms with Crippen molar-refractivity contribution in [2.45, 2.75) is 39.5 Å². The molecule has 28 heavy (non-hydrogen) atoms. The van der Waals surface area contributed by atoms with Gasteiger partial charge in [0.2, 0.25) is 0 Å². The number of nitrogens with one attached hydrogen (secondary N) is 1. The zero-order valence-electron chi connectivity index (χ0n) is 16.0. The summed E-state index contributed by atoms with van der Waals surface area (Å²) in [5.74, 6) is 0.968. The summed E-state index contributed by atoms with van der Waals surface area (Å²) in [6, 6.07) is 7.11. The van der Waals surface area contributed by atoms with Gasteiger partial charge in [-0.15, -0.1) is 37.2 Å². The topological polar surface area (TPSA) is 142 Å². The highest BCUT2D eigenvalue weighted by Crippen LogP contribution is 2.10. The smallest absolute Gasteiger partial charge is 0.413 e. The summed E-state index contributed by atoms with van der Waals surface area (Å²) >= 11 is 0. The molecule has 2 heterocycles. The van der Waals surface area contributed by atoms with Gasteiger partial charge in [0, 0.05) is 25.5 Å². The Balaban J connectivity index is -0.000000452. The van der Waals surface area contributed by atoms with Gasteiger partial charge in [0.15, 0.2) is 0 Å². The summed E-state index contributed by atoms with van der Waals surface area (Å²) in [6.07, 6.45) is 2.72. The number of rotatable bonds is 3. The molecule has 0 aliphatic rings. The van der Waals surface area contributed by atoms with Crippen LogP contribution in [0.15, 0.2) is 36.7 Å². The molecule has 0 atom stereocenters. The molecule has 160 valence electrons. The molecule has 0 spiro atoms. The Morgan fingerprint density at radius 2 is 1.50 bits per heavy atom. The van der Waals surface area contributed by atoms with Gasteiger partial charge < -0.3 is 21.9 Å². The van der Waals surface area contributed by atoms with Crippen LogP contribution in [-0.4, -0.2) is 21.7 Å². The maximum Gasteiger partial charge on any atom is 0.413 e. The van der Waals surface area contributed by atoms with Crippen molar-refractivity contribution in [1.82, 2.24) is 9.97 Å². The summed E-state index contributed by atoms with van der Waals surface area (Å²) in [6.45, 7) is 6.33. The molecule has 0 aliphatic carbocycles. The molecule has 0 bridgehead atoms. The van der Waals surface area contributed by atoms with E-state index in [-0.39, 0.29) is 37.2 Å². The number of carbonyl (C=O) groups excluding carboxylic acids is 1. The van der Waals surface area contributed by atoms with Crippen LogP contribution >= 0.6 is 37.2 Å². The van der Waals surface area contributed by atoms with E-state index in [2.05, 4.69) is 15.3 Å². The van der Waals surface area contributed by atoms with Crippen molar-refractivity contribution in [3.8, 4) is 0 Å². The molecule has 2 aromatic rings. The third kappa shape index (κ3) is 13.3. The van der Waals surface area contributed by atoms with E-state index in [1.807, 2.05) is 6.07 Å². The summed E-state index contributed by atoms with van der Waals surface area (Å²) in [7, 11) is 0. The predicted octanol–water partition coefficient (Wildman–Crippen LogP) is 3.28. The Labute approximate surface area is 184 Å². The lowest BCUT2D eigenvalue weighted by atomic mass is 10.2. The number of nitrogens with two attached hydrogens (primary N) is 3. The maximum absolute atomic E-state index is 11.4. The molecule has 2 rings (SSSR count). The molecule has 2 aromatic heterocycles. The second-order valence-corrected chi connectivity index (χ2v) is 6.17. The zero-order chi connectivity index (χ0) is 18.9. The van der Waals surface area contributed by atoms with Gasteiger partial charge in [-0.1, -0.05) is 0 Å². The Morgan fingerprint density at radius 1 is 1.00 bits per heavy atom. The van der Waals surface area contributed by atoms with Crippen LogP contribution in [0.1, 0.15) is 31.9 Å². The number of nitrogen functional groups attached to an aromatic ring is 1. The molecule has 0 aliphatic heterocycles. The minimum Gasteiger partial charge on any atom is -0.444 e. The van der Waals surface area contributed by atoms with Gasteiger partial charge in [0.05, 0.1) is 0 Å². The fraction of sp³-hybridized carbons (Fsp3) is 0.353. The molecule has 0 unspecified atom stereocenters. The number of nitrogens with zero attached hydrogens (tertiary/aromatic N) is 2. The lowest BCUT2D eigenvalue weighted by Gasteiger charge is -2.19. The highest BCUT2D eigenvalue weighted by molar-refractivity contribution is 5.86. The average molecular weight is 456 g/mol. The average Bonchev–Trinajstić information content (AvgIpc) is 2.53. The largest absolute Gasteiger partial charge is 0.444 e. The van der Waals surface area contributed by atoms with E-state index < -0.39 is 11.7 Å². The normalized spacial score (nSPS) is 9.32. The van der Waals surface area contributed by atoms with Gasteiger partial charge >= 0.3 is 6.09 Å². The van der Waals surface area contributed by atoms with Crippen molar-refractivity contribution in [3.05, 3.63) is 47.8 Å². The van der Waals surface area contributed by atoms with Gasteiger partial charge in [-0.05, 0) is 56.2 Å². The first-order valence-electron chi connectivity index (χ1n) is 7.79. The third-order valence-corrected chi connectivity index (χ3v) is 2.77. The van der Waals surface area contributed by atoms with E-state index in [0.29, 0.717) is 24.7 Å². The first-order valence-corrected chi connectivity index (χ1v) is 7.79. The van der Waals surface area contributed by atoms with Crippen LogP contribution in [0, 0.1) is 0 Å². The lowest BCUT2D eigenvalue weighted by Crippen LogP contribution is -2.27. The number of hydrogen-bond acceptors (Lipinski definition) is 7. The van der Waals surface area contributed by atoms with E-state index in [1.165, 1.54) is 0 Å². The Bertz CT molecular complexity index is 699. The maximum atomic E-state index is 11.4. The summed E-state index contributed by atoms with van der Waals surface area (Å²) < 4.78 is 5.09. The van der Waals surface area contributed by atoms with Crippen LogP contribution in [0.25, 0.3) is 0 Å². The number of ether oxygens (including phenoxy) is 1. The van der Waals surface area contributed by atoms with E-state index in [1.54, 1.807) is 51.4 Å². The van der Waals surface area contributed by atoms with Crippen molar-refractivity contribution in [3.63, 3.8) is 0 Å². The standard InChI is InChI=1S/C11H17N3O2.C6H9N3.3ClH/c1-11(2,3)16-10(15)14-9-6-8(7-12)4-5-13-9;7-4-5-1-2-9-6(8)3-5;;;/h4-6H,7,12H2,1-3H3,(H,13,14,15);1-3H,4,7H2,(H2,8,9);3*1H. The molecule has 0 saturated heterocycles. The molecule has 0 aromatic carbocycles. The van der Waals surface area contributed by atoms with Gasteiger partial charge in [-0.3, -0.25) is 5.32 Å². The quantitative estimate of drug-likeness (QED) is 0.556. The number of carbonyl (C=O) groups is 1. The molecule has 0 saturated carbocycles. The first-order chi connectivity index (χ1) is 11.7. The SMILES string of the molecule is CC(C)(C)OC(=O)Nc1cc(CN)ccn1.Cl.Cl.Cl.NCc1ccnc(N)c1. The summed E-state index contributed by atoms with van der Waals surface area (Å²) in [4.78, 5) is 19.2. The molecule has 11 heteroatoms. The molecular formula is C17H29Cl3N6O2. The second kappa shape index (κ2) is 15.1. The van der Waals surface area contributed by atoms with E-state index in [9.17, 15) is 4.79 Å². The number of hydrogen-bond donors (Lipinski definition) is 4. The highest BCUT2D eigenvalue weighted by atomic mass is 35.5. The van der Waals surface area contributed by atoms with Crippen LogP contribution in [0.5, 0.6) is 0 Å². The van der Waals surface area contributed by atoms with Crippen molar-refractivity contribution in [2.24, 2.45) is 11.5 Å². The fourth-order valence-corrected chi connectivity index (χ4v) is 1.70. The Hall–Kier alpha value is -1.84. The Morgan fingerprint density at radius 3 is 1.93 bits per heavy atom. The number of pyridine rings is 2. The third-order valence-electron chi connectivity index (χ3n) is 2.77. The Kier molecular flexibility index (Phi) is 16.7. The predicted molar refractivity (Wildman–Crippen MR) is 120 cm³/mol. The summed E-state index contributed by atoms with van der Waals surface area (Å²) in [5.41, 5.74) is 17.6.